The molecule has 0 heterocycles. The zero-order valence-electron chi connectivity index (χ0n) is 6.63. The Morgan fingerprint density at radius 3 is 2.90 bits per heavy atom. The molecule has 10 heavy (non-hydrogen) atoms. The van der Waals surface area contributed by atoms with Crippen molar-refractivity contribution in [2.75, 3.05) is 6.26 Å². The van der Waals surface area contributed by atoms with Gasteiger partial charge in [-0.05, 0) is 24.7 Å². The van der Waals surface area contributed by atoms with Crippen molar-refractivity contribution in [2.24, 2.45) is 0 Å². The molecule has 0 aromatic rings. The van der Waals surface area contributed by atoms with Gasteiger partial charge in [-0.2, -0.15) is 11.8 Å². The van der Waals surface area contributed by atoms with E-state index in [0.717, 1.165) is 11.7 Å². The molecule has 1 unspecified atom stereocenters. The minimum absolute atomic E-state index is 0.735. The molecule has 0 spiro atoms. The molecule has 0 nitrogen and oxygen atoms in total. The van der Waals surface area contributed by atoms with E-state index >= 15 is 0 Å². The average molecular weight is 154 g/mol. The van der Waals surface area contributed by atoms with Crippen LogP contribution in [0.15, 0.2) is 23.8 Å². The third-order valence-electron chi connectivity index (χ3n) is 1.83. The molecule has 0 aliphatic heterocycles. The van der Waals surface area contributed by atoms with Crippen LogP contribution >= 0.6 is 11.8 Å². The minimum Gasteiger partial charge on any atom is -0.157 e. The Labute approximate surface area is 67.4 Å². The first-order valence-electron chi connectivity index (χ1n) is 3.78. The molecule has 0 N–H and O–H groups in total. The van der Waals surface area contributed by atoms with Crippen molar-refractivity contribution in [2.45, 2.75) is 25.0 Å². The summed E-state index contributed by atoms with van der Waals surface area (Å²) >= 11 is 1.95. The van der Waals surface area contributed by atoms with E-state index in [9.17, 15) is 0 Å². The Morgan fingerprint density at radius 1 is 1.70 bits per heavy atom. The second kappa shape index (κ2) is 3.87. The predicted octanol–water partition coefficient (Wildman–Crippen LogP) is 3.01. The van der Waals surface area contributed by atoms with E-state index in [1.165, 1.54) is 12.0 Å². The van der Waals surface area contributed by atoms with Gasteiger partial charge in [-0.15, -0.1) is 0 Å². The van der Waals surface area contributed by atoms with Crippen molar-refractivity contribution in [3.05, 3.63) is 23.8 Å². The van der Waals surface area contributed by atoms with Crippen molar-refractivity contribution < 1.29 is 0 Å². The maximum Gasteiger partial charge on any atom is 0.0288 e. The second-order valence-electron chi connectivity index (χ2n) is 2.47. The summed E-state index contributed by atoms with van der Waals surface area (Å²) in [6.07, 6.45) is 11.4. The molecular weight excluding hydrogens is 140 g/mol. The van der Waals surface area contributed by atoms with Crippen LogP contribution in [-0.2, 0) is 0 Å². The van der Waals surface area contributed by atoms with Crippen molar-refractivity contribution in [1.82, 2.24) is 0 Å². The van der Waals surface area contributed by atoms with Crippen molar-refractivity contribution >= 4 is 11.8 Å². The summed E-state index contributed by atoms with van der Waals surface area (Å²) in [5, 5.41) is 0.735. The molecule has 0 amide bonds. The van der Waals surface area contributed by atoms with E-state index in [1.807, 2.05) is 11.8 Å². The molecule has 0 saturated carbocycles. The molecule has 0 aromatic carbocycles. The Morgan fingerprint density at radius 2 is 2.50 bits per heavy atom. The number of hydrogen-bond donors (Lipinski definition) is 0. The normalized spacial score (nSPS) is 19.2. The van der Waals surface area contributed by atoms with Gasteiger partial charge in [0.15, 0.2) is 0 Å². The number of thioether (sulfide) groups is 1. The van der Waals surface area contributed by atoms with E-state index in [4.69, 9.17) is 0 Å². The van der Waals surface area contributed by atoms with Gasteiger partial charge in [0.2, 0.25) is 0 Å². The molecule has 56 valence electrons. The first kappa shape index (κ1) is 7.93. The molecule has 1 rings (SSSR count). The van der Waals surface area contributed by atoms with Crippen molar-refractivity contribution in [3.63, 3.8) is 0 Å². The lowest BCUT2D eigenvalue weighted by molar-refractivity contribution is 0.949. The van der Waals surface area contributed by atoms with E-state index in [-0.39, 0.29) is 0 Å². The molecular formula is C9H14S. The maximum atomic E-state index is 2.32. The predicted molar refractivity (Wildman–Crippen MR) is 49.4 cm³/mol. The van der Waals surface area contributed by atoms with Gasteiger partial charge in [0.1, 0.15) is 0 Å². The Bertz CT molecular complexity index is 152. The lowest BCUT2D eigenvalue weighted by Crippen LogP contribution is -2.00. The van der Waals surface area contributed by atoms with Gasteiger partial charge in [0.05, 0.1) is 0 Å². The smallest absolute Gasteiger partial charge is 0.0288 e. The van der Waals surface area contributed by atoms with Gasteiger partial charge in [-0.25, -0.2) is 0 Å². The lowest BCUT2D eigenvalue weighted by Gasteiger charge is -2.10. The molecule has 0 bridgehead atoms. The van der Waals surface area contributed by atoms with Crippen LogP contribution in [-0.4, -0.2) is 11.5 Å². The fourth-order valence-electron chi connectivity index (χ4n) is 1.25. The highest BCUT2D eigenvalue weighted by atomic mass is 32.2. The highest BCUT2D eigenvalue weighted by Gasteiger charge is 2.08. The second-order valence-corrected chi connectivity index (χ2v) is 3.52. The molecule has 0 aromatic heterocycles. The first-order chi connectivity index (χ1) is 4.88. The van der Waals surface area contributed by atoms with Crippen molar-refractivity contribution in [3.8, 4) is 0 Å². The summed E-state index contributed by atoms with van der Waals surface area (Å²) in [6, 6.07) is 0. The number of hydrogen-bond acceptors (Lipinski definition) is 1. The molecule has 1 heteroatoms. The van der Waals surface area contributed by atoms with Gasteiger partial charge in [0.25, 0.3) is 0 Å². The number of rotatable bonds is 3. The van der Waals surface area contributed by atoms with Crippen molar-refractivity contribution in [1.29, 1.82) is 0 Å². The molecule has 0 radical (unpaired) electrons. The van der Waals surface area contributed by atoms with Gasteiger partial charge >= 0.3 is 0 Å². The summed E-state index contributed by atoms with van der Waals surface area (Å²) in [6.45, 7) is 2.24. The molecule has 0 fully saturated rings. The van der Waals surface area contributed by atoms with Crippen LogP contribution in [0.1, 0.15) is 19.8 Å². The van der Waals surface area contributed by atoms with Gasteiger partial charge in [-0.3, -0.25) is 0 Å². The maximum absolute atomic E-state index is 2.32. The van der Waals surface area contributed by atoms with E-state index in [0.29, 0.717) is 0 Å². The standard InChI is InChI=1S/C9H14S/c1-3-9(10-2)8-6-4-5-7-8/h4,6-7,9H,3,5H2,1-2H3. The van der Waals surface area contributed by atoms with Gasteiger partial charge in [-0.1, -0.05) is 25.2 Å². The fourth-order valence-corrected chi connectivity index (χ4v) is 2.03. The monoisotopic (exact) mass is 154 g/mol. The Balaban J connectivity index is 2.52. The van der Waals surface area contributed by atoms with E-state index in [2.05, 4.69) is 31.4 Å². The molecule has 1 aliphatic rings. The third kappa shape index (κ3) is 1.66. The summed E-state index contributed by atoms with van der Waals surface area (Å²) < 4.78 is 0. The first-order valence-corrected chi connectivity index (χ1v) is 5.06. The van der Waals surface area contributed by atoms with Gasteiger partial charge < -0.3 is 0 Å². The van der Waals surface area contributed by atoms with E-state index < -0.39 is 0 Å². The summed E-state index contributed by atoms with van der Waals surface area (Å²) in [5.41, 5.74) is 1.52. The number of allylic oxidation sites excluding steroid dienone is 3. The van der Waals surface area contributed by atoms with Crippen LogP contribution in [0.2, 0.25) is 0 Å². The quantitative estimate of drug-likeness (QED) is 0.602. The van der Waals surface area contributed by atoms with Crippen LogP contribution in [0.5, 0.6) is 0 Å². The van der Waals surface area contributed by atoms with E-state index in [1.54, 1.807) is 0 Å². The zero-order chi connectivity index (χ0) is 7.40. The molecule has 0 saturated heterocycles. The van der Waals surface area contributed by atoms with Crippen LogP contribution in [0.3, 0.4) is 0 Å². The van der Waals surface area contributed by atoms with Crippen LogP contribution < -0.4 is 0 Å². The van der Waals surface area contributed by atoms with Gasteiger partial charge in [0, 0.05) is 5.25 Å². The lowest BCUT2D eigenvalue weighted by atomic mass is 10.1. The average Bonchev–Trinajstić information content (AvgIpc) is 2.43. The van der Waals surface area contributed by atoms with Crippen LogP contribution in [0.4, 0.5) is 0 Å². The summed E-state index contributed by atoms with van der Waals surface area (Å²) in [4.78, 5) is 0. The fraction of sp³-hybridized carbons (Fsp3) is 0.556. The summed E-state index contributed by atoms with van der Waals surface area (Å²) in [5.74, 6) is 0. The largest absolute Gasteiger partial charge is 0.157 e. The Hall–Kier alpha value is -0.170. The molecule has 1 atom stereocenters. The SMILES string of the molecule is CCC(SC)C1=CCC=C1. The highest BCUT2D eigenvalue weighted by molar-refractivity contribution is 7.99. The highest BCUT2D eigenvalue weighted by Crippen LogP contribution is 2.24. The topological polar surface area (TPSA) is 0 Å². The zero-order valence-corrected chi connectivity index (χ0v) is 7.45. The minimum atomic E-state index is 0.735. The van der Waals surface area contributed by atoms with Crippen LogP contribution in [0.25, 0.3) is 0 Å². The third-order valence-corrected chi connectivity index (χ3v) is 3.00. The van der Waals surface area contributed by atoms with Crippen LogP contribution in [0, 0.1) is 0 Å². The summed E-state index contributed by atoms with van der Waals surface area (Å²) in [7, 11) is 0. The molecule has 1 aliphatic carbocycles. The Kier molecular flexibility index (Phi) is 3.07.